The van der Waals surface area contributed by atoms with Crippen LogP contribution in [0.2, 0.25) is 0 Å². The van der Waals surface area contributed by atoms with E-state index in [2.05, 4.69) is 10.4 Å². The summed E-state index contributed by atoms with van der Waals surface area (Å²) in [6.07, 6.45) is 1.60. The lowest BCUT2D eigenvalue weighted by molar-refractivity contribution is 0.102. The van der Waals surface area contributed by atoms with E-state index in [0.29, 0.717) is 17.1 Å². The van der Waals surface area contributed by atoms with Gasteiger partial charge in [-0.1, -0.05) is 18.2 Å². The Hall–Kier alpha value is -3.94. The molecule has 4 aromatic rings. The number of aromatic nitrogens is 4. The maximum Gasteiger partial charge on any atom is 0.295 e. The predicted octanol–water partition coefficient (Wildman–Crippen LogP) is 3.06. The molecular weight excluding hydrogens is 373 g/mol. The van der Waals surface area contributed by atoms with E-state index in [9.17, 15) is 14.0 Å². The van der Waals surface area contributed by atoms with Crippen LogP contribution in [-0.4, -0.2) is 25.1 Å². The summed E-state index contributed by atoms with van der Waals surface area (Å²) in [6.45, 7) is 1.76. The standard InChI is InChI=1S/C21H18FN5O2/c1-14-19(21(29)27(25(14)2)17-6-4-3-5-7-17)23-20(28)18-12-13-26(24-18)16-10-8-15(22)9-11-16/h3-13H,1-2H3,(H,23,28). The molecule has 0 unspecified atom stereocenters. The summed E-state index contributed by atoms with van der Waals surface area (Å²) in [5.74, 6) is -0.856. The number of anilines is 1. The SMILES string of the molecule is Cc1c(NC(=O)c2ccn(-c3ccc(F)cc3)n2)c(=O)n(-c2ccccc2)n1C. The fourth-order valence-electron chi connectivity index (χ4n) is 3.07. The number of halogens is 1. The lowest BCUT2D eigenvalue weighted by Crippen LogP contribution is -2.23. The summed E-state index contributed by atoms with van der Waals surface area (Å²) in [5, 5.41) is 6.89. The molecule has 29 heavy (non-hydrogen) atoms. The molecule has 7 nitrogen and oxygen atoms in total. The molecule has 0 saturated heterocycles. The Morgan fingerprint density at radius 2 is 1.69 bits per heavy atom. The van der Waals surface area contributed by atoms with Gasteiger partial charge in [-0.3, -0.25) is 14.3 Å². The Bertz CT molecular complexity index is 1240. The third kappa shape index (κ3) is 3.36. The molecule has 2 aromatic carbocycles. The van der Waals surface area contributed by atoms with E-state index in [1.807, 2.05) is 30.3 Å². The minimum Gasteiger partial charge on any atom is -0.314 e. The van der Waals surface area contributed by atoms with E-state index in [0.717, 1.165) is 0 Å². The molecule has 1 amide bonds. The van der Waals surface area contributed by atoms with Gasteiger partial charge in [-0.25, -0.2) is 13.8 Å². The number of benzene rings is 2. The number of carbonyl (C=O) groups excluding carboxylic acids is 1. The smallest absolute Gasteiger partial charge is 0.295 e. The lowest BCUT2D eigenvalue weighted by atomic mass is 10.3. The Kier molecular flexibility index (Phi) is 4.59. The monoisotopic (exact) mass is 391 g/mol. The van der Waals surface area contributed by atoms with Crippen LogP contribution < -0.4 is 10.9 Å². The van der Waals surface area contributed by atoms with Crippen molar-refractivity contribution in [3.05, 3.63) is 94.4 Å². The molecule has 1 N–H and O–H groups in total. The highest BCUT2D eigenvalue weighted by Crippen LogP contribution is 2.15. The second kappa shape index (κ2) is 7.23. The van der Waals surface area contributed by atoms with Gasteiger partial charge in [0.05, 0.1) is 17.1 Å². The summed E-state index contributed by atoms with van der Waals surface area (Å²) in [7, 11) is 1.75. The fourth-order valence-corrected chi connectivity index (χ4v) is 3.07. The number of nitrogens with zero attached hydrogens (tertiary/aromatic N) is 4. The molecule has 0 radical (unpaired) electrons. The number of nitrogens with one attached hydrogen (secondary N) is 1. The minimum absolute atomic E-state index is 0.142. The van der Waals surface area contributed by atoms with Crippen molar-refractivity contribution in [2.45, 2.75) is 6.92 Å². The van der Waals surface area contributed by atoms with Crippen LogP contribution in [0.25, 0.3) is 11.4 Å². The van der Waals surface area contributed by atoms with Crippen molar-refractivity contribution in [1.82, 2.24) is 19.1 Å². The van der Waals surface area contributed by atoms with Crippen molar-refractivity contribution in [1.29, 1.82) is 0 Å². The van der Waals surface area contributed by atoms with Gasteiger partial charge in [-0.15, -0.1) is 0 Å². The molecule has 146 valence electrons. The van der Waals surface area contributed by atoms with E-state index < -0.39 is 5.91 Å². The zero-order valence-electron chi connectivity index (χ0n) is 15.8. The predicted molar refractivity (Wildman–Crippen MR) is 107 cm³/mol. The van der Waals surface area contributed by atoms with Gasteiger partial charge >= 0.3 is 0 Å². The fraction of sp³-hybridized carbons (Fsp3) is 0.0952. The van der Waals surface area contributed by atoms with Gasteiger partial charge in [0.25, 0.3) is 11.5 Å². The molecule has 0 bridgehead atoms. The van der Waals surface area contributed by atoms with Gasteiger partial charge in [-0.05, 0) is 49.4 Å². The molecule has 0 aliphatic rings. The lowest BCUT2D eigenvalue weighted by Gasteiger charge is -2.07. The number of carbonyl (C=O) groups is 1. The molecular formula is C21H18FN5O2. The number of amides is 1. The number of rotatable bonds is 4. The molecule has 0 aliphatic carbocycles. The van der Waals surface area contributed by atoms with Crippen molar-refractivity contribution in [2.24, 2.45) is 7.05 Å². The first-order chi connectivity index (χ1) is 14.0. The average Bonchev–Trinajstić information content (AvgIpc) is 3.29. The van der Waals surface area contributed by atoms with Crippen LogP contribution in [0.4, 0.5) is 10.1 Å². The maximum atomic E-state index is 13.1. The highest BCUT2D eigenvalue weighted by atomic mass is 19.1. The average molecular weight is 391 g/mol. The van der Waals surface area contributed by atoms with Crippen LogP contribution in [0.15, 0.2) is 71.7 Å². The Morgan fingerprint density at radius 3 is 2.38 bits per heavy atom. The highest BCUT2D eigenvalue weighted by molar-refractivity contribution is 6.03. The van der Waals surface area contributed by atoms with Crippen molar-refractivity contribution in [2.75, 3.05) is 5.32 Å². The van der Waals surface area contributed by atoms with Crippen LogP contribution in [0.1, 0.15) is 16.2 Å². The largest absolute Gasteiger partial charge is 0.314 e. The Morgan fingerprint density at radius 1 is 1.00 bits per heavy atom. The van der Waals surface area contributed by atoms with Crippen LogP contribution in [-0.2, 0) is 7.05 Å². The summed E-state index contributed by atoms with van der Waals surface area (Å²) in [5.41, 5.74) is 1.94. The van der Waals surface area contributed by atoms with Crippen LogP contribution in [0.3, 0.4) is 0 Å². The first-order valence-electron chi connectivity index (χ1n) is 8.92. The van der Waals surface area contributed by atoms with Crippen molar-refractivity contribution >= 4 is 11.6 Å². The van der Waals surface area contributed by atoms with Crippen LogP contribution >= 0.6 is 0 Å². The van der Waals surface area contributed by atoms with Gasteiger partial charge in [0.1, 0.15) is 11.5 Å². The van der Waals surface area contributed by atoms with Gasteiger partial charge in [0, 0.05) is 13.2 Å². The normalized spacial score (nSPS) is 10.9. The van der Waals surface area contributed by atoms with Crippen LogP contribution in [0.5, 0.6) is 0 Å². The van der Waals surface area contributed by atoms with Crippen LogP contribution in [0, 0.1) is 12.7 Å². The third-order valence-electron chi connectivity index (χ3n) is 4.71. The number of para-hydroxylation sites is 1. The summed E-state index contributed by atoms with van der Waals surface area (Å²) >= 11 is 0. The molecule has 0 saturated carbocycles. The molecule has 4 rings (SSSR count). The molecule has 0 spiro atoms. The molecule has 2 heterocycles. The zero-order chi connectivity index (χ0) is 20.5. The topological polar surface area (TPSA) is 73.8 Å². The molecule has 0 aliphatic heterocycles. The van der Waals surface area contributed by atoms with E-state index in [4.69, 9.17) is 0 Å². The zero-order valence-corrected chi connectivity index (χ0v) is 15.8. The van der Waals surface area contributed by atoms with Crippen molar-refractivity contribution in [3.8, 4) is 11.4 Å². The van der Waals surface area contributed by atoms with Crippen molar-refractivity contribution in [3.63, 3.8) is 0 Å². The third-order valence-corrected chi connectivity index (χ3v) is 4.71. The molecule has 2 aromatic heterocycles. The second-order valence-corrected chi connectivity index (χ2v) is 6.51. The minimum atomic E-state index is -0.503. The summed E-state index contributed by atoms with van der Waals surface area (Å²) < 4.78 is 17.7. The van der Waals surface area contributed by atoms with Gasteiger partial charge in [0.15, 0.2) is 5.69 Å². The summed E-state index contributed by atoms with van der Waals surface area (Å²) in [4.78, 5) is 25.6. The first kappa shape index (κ1) is 18.4. The van der Waals surface area contributed by atoms with Gasteiger partial charge in [-0.2, -0.15) is 5.10 Å². The maximum absolute atomic E-state index is 13.1. The molecule has 0 fully saturated rings. The first-order valence-corrected chi connectivity index (χ1v) is 8.92. The molecule has 8 heteroatoms. The Balaban J connectivity index is 1.63. The Labute approximate surface area is 165 Å². The van der Waals surface area contributed by atoms with E-state index in [1.165, 1.54) is 27.6 Å². The van der Waals surface area contributed by atoms with E-state index in [1.54, 1.807) is 37.0 Å². The second-order valence-electron chi connectivity index (χ2n) is 6.51. The van der Waals surface area contributed by atoms with Gasteiger partial charge in [0.2, 0.25) is 0 Å². The number of hydrogen-bond donors (Lipinski definition) is 1. The van der Waals surface area contributed by atoms with Gasteiger partial charge < -0.3 is 5.32 Å². The quantitative estimate of drug-likeness (QED) is 0.581. The highest BCUT2D eigenvalue weighted by Gasteiger charge is 2.20. The number of hydrogen-bond acceptors (Lipinski definition) is 3. The van der Waals surface area contributed by atoms with Crippen molar-refractivity contribution < 1.29 is 9.18 Å². The van der Waals surface area contributed by atoms with E-state index in [-0.39, 0.29) is 22.8 Å². The summed E-state index contributed by atoms with van der Waals surface area (Å²) in [6, 6.07) is 16.5. The molecule has 0 atom stereocenters. The van der Waals surface area contributed by atoms with E-state index >= 15 is 0 Å².